The zero-order chi connectivity index (χ0) is 20.4. The minimum Gasteiger partial charge on any atom is -0.479 e. The van der Waals surface area contributed by atoms with Gasteiger partial charge in [0.15, 0.2) is 12.7 Å². The molecule has 0 radical (unpaired) electrons. The number of alkyl halides is 2. The van der Waals surface area contributed by atoms with Crippen LogP contribution < -0.4 is 14.8 Å². The predicted molar refractivity (Wildman–Crippen MR) is 97.3 cm³/mol. The van der Waals surface area contributed by atoms with Gasteiger partial charge in [-0.1, -0.05) is 30.3 Å². The van der Waals surface area contributed by atoms with Gasteiger partial charge in [0, 0.05) is 6.54 Å². The molecule has 2 rings (SSSR count). The maximum Gasteiger partial charge on any atom is 0.387 e. The van der Waals surface area contributed by atoms with Crippen LogP contribution in [0, 0.1) is 0 Å². The van der Waals surface area contributed by atoms with Gasteiger partial charge in [-0.2, -0.15) is 8.78 Å². The summed E-state index contributed by atoms with van der Waals surface area (Å²) in [6.45, 7) is -1.44. The number of ether oxygens (including phenoxy) is 3. The van der Waals surface area contributed by atoms with Gasteiger partial charge in [-0.3, -0.25) is 4.79 Å². The molecule has 6 nitrogen and oxygen atoms in total. The lowest BCUT2D eigenvalue weighted by Gasteiger charge is -2.13. The van der Waals surface area contributed by atoms with Crippen LogP contribution in [0.2, 0.25) is 0 Å². The molecule has 0 saturated carbocycles. The second-order valence-electron chi connectivity index (χ2n) is 5.80. The molecule has 0 aromatic heterocycles. The number of halogens is 2. The minimum atomic E-state index is -2.87. The first kappa shape index (κ1) is 21.1. The van der Waals surface area contributed by atoms with Crippen molar-refractivity contribution >= 4 is 11.9 Å². The fourth-order valence-electron chi connectivity index (χ4n) is 2.24. The van der Waals surface area contributed by atoms with Crippen LogP contribution >= 0.6 is 0 Å². The largest absolute Gasteiger partial charge is 0.479 e. The molecule has 0 spiro atoms. The molecule has 0 aliphatic carbocycles. The fourth-order valence-corrected chi connectivity index (χ4v) is 2.24. The van der Waals surface area contributed by atoms with Gasteiger partial charge in [0.25, 0.3) is 5.91 Å². The Morgan fingerprint density at radius 2 is 1.61 bits per heavy atom. The number of nitrogens with one attached hydrogen (secondary N) is 1. The van der Waals surface area contributed by atoms with Crippen LogP contribution in [0.25, 0.3) is 0 Å². The summed E-state index contributed by atoms with van der Waals surface area (Å²) in [7, 11) is 0. The summed E-state index contributed by atoms with van der Waals surface area (Å²) < 4.78 is 38.8. The van der Waals surface area contributed by atoms with E-state index >= 15 is 0 Å². The molecule has 1 amide bonds. The molecule has 0 aliphatic heterocycles. The van der Waals surface area contributed by atoms with E-state index in [0.29, 0.717) is 18.7 Å². The first-order chi connectivity index (χ1) is 13.4. The minimum absolute atomic E-state index is 0.0709. The highest BCUT2D eigenvalue weighted by atomic mass is 19.3. The van der Waals surface area contributed by atoms with Gasteiger partial charge in [0.2, 0.25) is 0 Å². The Kier molecular flexibility index (Phi) is 8.20. The van der Waals surface area contributed by atoms with E-state index < -0.39 is 31.2 Å². The number of amides is 1. The molecule has 0 aliphatic rings. The first-order valence-electron chi connectivity index (χ1n) is 8.63. The van der Waals surface area contributed by atoms with Crippen LogP contribution in [0.15, 0.2) is 54.6 Å². The van der Waals surface area contributed by atoms with Gasteiger partial charge in [-0.25, -0.2) is 4.79 Å². The van der Waals surface area contributed by atoms with E-state index in [0.717, 1.165) is 5.56 Å². The monoisotopic (exact) mass is 393 g/mol. The van der Waals surface area contributed by atoms with Crippen LogP contribution in [-0.2, 0) is 20.7 Å². The van der Waals surface area contributed by atoms with Crippen LogP contribution in [-0.4, -0.2) is 37.7 Å². The quantitative estimate of drug-likeness (QED) is 0.629. The number of carbonyl (C=O) groups excluding carboxylic acids is 2. The number of hydrogen-bond donors (Lipinski definition) is 1. The molecular formula is C20H21F2NO5. The molecular weight excluding hydrogens is 372 g/mol. The summed E-state index contributed by atoms with van der Waals surface area (Å²) >= 11 is 0. The molecule has 0 saturated heterocycles. The van der Waals surface area contributed by atoms with Gasteiger partial charge < -0.3 is 19.5 Å². The molecule has 8 heteroatoms. The van der Waals surface area contributed by atoms with Crippen LogP contribution in [0.1, 0.15) is 12.5 Å². The highest BCUT2D eigenvalue weighted by Gasteiger charge is 2.17. The number of esters is 1. The molecule has 0 heterocycles. The van der Waals surface area contributed by atoms with Crippen molar-refractivity contribution in [2.24, 2.45) is 0 Å². The topological polar surface area (TPSA) is 73.9 Å². The molecule has 2 aromatic carbocycles. The maximum atomic E-state index is 12.1. The van der Waals surface area contributed by atoms with Gasteiger partial charge in [-0.05, 0) is 43.2 Å². The predicted octanol–water partition coefficient (Wildman–Crippen LogP) is 2.96. The lowest BCUT2D eigenvalue weighted by molar-refractivity contribution is -0.154. The van der Waals surface area contributed by atoms with Crippen molar-refractivity contribution < 1.29 is 32.6 Å². The summed E-state index contributed by atoms with van der Waals surface area (Å²) in [6.07, 6.45) is -0.355. The summed E-state index contributed by atoms with van der Waals surface area (Å²) in [6, 6.07) is 14.9. The van der Waals surface area contributed by atoms with Crippen molar-refractivity contribution in [1.29, 1.82) is 0 Å². The van der Waals surface area contributed by atoms with E-state index in [1.165, 1.54) is 19.1 Å². The van der Waals surface area contributed by atoms with Crippen molar-refractivity contribution in [2.75, 3.05) is 13.2 Å². The molecule has 1 atom stereocenters. The number of para-hydroxylation sites is 1. The Bertz CT molecular complexity index is 753. The van der Waals surface area contributed by atoms with Crippen molar-refractivity contribution in [2.45, 2.75) is 26.1 Å². The average Bonchev–Trinajstić information content (AvgIpc) is 2.68. The Balaban J connectivity index is 1.64. The van der Waals surface area contributed by atoms with Crippen molar-refractivity contribution in [3.8, 4) is 11.5 Å². The van der Waals surface area contributed by atoms with Crippen molar-refractivity contribution in [3.05, 3.63) is 60.2 Å². The lowest BCUT2D eigenvalue weighted by Crippen LogP contribution is -2.33. The molecule has 0 fully saturated rings. The molecule has 0 bridgehead atoms. The normalized spacial score (nSPS) is 11.6. The Labute approximate surface area is 161 Å². The van der Waals surface area contributed by atoms with E-state index in [1.54, 1.807) is 36.4 Å². The maximum absolute atomic E-state index is 12.1. The third-order valence-electron chi connectivity index (χ3n) is 3.62. The Morgan fingerprint density at radius 1 is 0.964 bits per heavy atom. The van der Waals surface area contributed by atoms with Gasteiger partial charge in [0.05, 0.1) is 0 Å². The zero-order valence-corrected chi connectivity index (χ0v) is 15.3. The second kappa shape index (κ2) is 10.9. The number of carbonyl (C=O) groups is 2. The summed E-state index contributed by atoms with van der Waals surface area (Å²) in [5.74, 6) is -0.491. The van der Waals surface area contributed by atoms with E-state index in [4.69, 9.17) is 9.47 Å². The summed E-state index contributed by atoms with van der Waals surface area (Å²) in [4.78, 5) is 23.6. The van der Waals surface area contributed by atoms with E-state index in [1.807, 2.05) is 6.07 Å². The van der Waals surface area contributed by atoms with E-state index in [9.17, 15) is 18.4 Å². The average molecular weight is 393 g/mol. The highest BCUT2D eigenvalue weighted by molar-refractivity contribution is 5.81. The number of hydrogen-bond acceptors (Lipinski definition) is 5. The highest BCUT2D eigenvalue weighted by Crippen LogP contribution is 2.15. The lowest BCUT2D eigenvalue weighted by atomic mass is 10.1. The van der Waals surface area contributed by atoms with Crippen LogP contribution in [0.3, 0.4) is 0 Å². The van der Waals surface area contributed by atoms with E-state index in [2.05, 4.69) is 10.1 Å². The molecule has 0 unspecified atom stereocenters. The standard InChI is InChI=1S/C20H21F2NO5/c1-14(27-16-5-3-2-4-6-16)19(25)26-13-18(24)23-12-11-15-7-9-17(10-8-15)28-20(21)22/h2-10,14,20H,11-13H2,1H3,(H,23,24)/t14-/m0/s1. The fraction of sp³-hybridized carbons (Fsp3) is 0.300. The Morgan fingerprint density at radius 3 is 2.25 bits per heavy atom. The summed E-state index contributed by atoms with van der Waals surface area (Å²) in [5, 5.41) is 2.61. The van der Waals surface area contributed by atoms with Crippen LogP contribution in [0.4, 0.5) is 8.78 Å². The van der Waals surface area contributed by atoms with Crippen molar-refractivity contribution in [3.63, 3.8) is 0 Å². The molecule has 150 valence electrons. The molecule has 28 heavy (non-hydrogen) atoms. The third-order valence-corrected chi connectivity index (χ3v) is 3.62. The van der Waals surface area contributed by atoms with Crippen LogP contribution in [0.5, 0.6) is 11.5 Å². The Hall–Kier alpha value is -3.16. The zero-order valence-electron chi connectivity index (χ0n) is 15.3. The summed E-state index contributed by atoms with van der Waals surface area (Å²) in [5.41, 5.74) is 0.837. The number of rotatable bonds is 10. The van der Waals surface area contributed by atoms with Gasteiger partial charge >= 0.3 is 12.6 Å². The van der Waals surface area contributed by atoms with Gasteiger partial charge in [0.1, 0.15) is 11.5 Å². The smallest absolute Gasteiger partial charge is 0.387 e. The molecule has 2 aromatic rings. The molecule has 1 N–H and O–H groups in total. The van der Waals surface area contributed by atoms with E-state index in [-0.39, 0.29) is 5.75 Å². The third kappa shape index (κ3) is 7.61. The van der Waals surface area contributed by atoms with Gasteiger partial charge in [-0.15, -0.1) is 0 Å². The second-order valence-corrected chi connectivity index (χ2v) is 5.80. The first-order valence-corrected chi connectivity index (χ1v) is 8.63. The van der Waals surface area contributed by atoms with Crippen molar-refractivity contribution in [1.82, 2.24) is 5.32 Å². The number of benzene rings is 2. The SMILES string of the molecule is C[C@H](Oc1ccccc1)C(=O)OCC(=O)NCCc1ccc(OC(F)F)cc1.